The third kappa shape index (κ3) is 2.97. The van der Waals surface area contributed by atoms with Crippen molar-refractivity contribution >= 4 is 27.6 Å². The predicted molar refractivity (Wildman–Crippen MR) is 110 cm³/mol. The van der Waals surface area contributed by atoms with Crippen molar-refractivity contribution in [3.05, 3.63) is 72.8 Å². The molecule has 3 heterocycles. The molecule has 0 saturated heterocycles. The number of rotatable bonds is 3. The Kier molecular flexibility index (Phi) is 3.99. The standard InChI is InChI=1S/C21H13N6S/c22-21-27-26-20(28-21)16-12-11-15-19(24-16)25-18(14-9-5-2-6-10-14)17(23-15)13-7-3-1-4-8-13/h2-12H,(H2,22,27). The van der Waals surface area contributed by atoms with Gasteiger partial charge in [-0.1, -0.05) is 65.9 Å². The molecule has 1 radical (unpaired) electrons. The SMILES string of the molecule is Nc1nnc(-c2ccc3nc(-c4cc[c]cc4)c(-c4ccccc4)nc3n2)s1. The summed E-state index contributed by atoms with van der Waals surface area (Å²) in [5, 5.41) is 8.99. The number of hydrogen-bond acceptors (Lipinski definition) is 7. The first kappa shape index (κ1) is 16.5. The minimum atomic E-state index is 0.407. The smallest absolute Gasteiger partial charge is 0.203 e. The summed E-state index contributed by atoms with van der Waals surface area (Å²) in [7, 11) is 0. The Balaban J connectivity index is 1.75. The molecule has 0 amide bonds. The quantitative estimate of drug-likeness (QED) is 0.502. The van der Waals surface area contributed by atoms with Crippen molar-refractivity contribution in [2.45, 2.75) is 0 Å². The van der Waals surface area contributed by atoms with Crippen molar-refractivity contribution in [3.63, 3.8) is 0 Å². The van der Waals surface area contributed by atoms with Crippen LogP contribution < -0.4 is 5.73 Å². The maximum Gasteiger partial charge on any atom is 0.203 e. The highest BCUT2D eigenvalue weighted by atomic mass is 32.1. The van der Waals surface area contributed by atoms with Gasteiger partial charge in [-0.05, 0) is 18.2 Å². The van der Waals surface area contributed by atoms with Crippen LogP contribution in [0.15, 0.2) is 66.7 Å². The molecule has 5 aromatic rings. The Morgan fingerprint density at radius 1 is 0.750 bits per heavy atom. The summed E-state index contributed by atoms with van der Waals surface area (Å²) in [5.74, 6) is 0. The van der Waals surface area contributed by atoms with Gasteiger partial charge in [-0.15, -0.1) is 10.2 Å². The summed E-state index contributed by atoms with van der Waals surface area (Å²) in [6, 6.07) is 24.5. The molecule has 0 aliphatic heterocycles. The zero-order chi connectivity index (χ0) is 18.9. The van der Waals surface area contributed by atoms with Crippen LogP contribution in [-0.4, -0.2) is 25.1 Å². The fraction of sp³-hybridized carbons (Fsp3) is 0. The molecule has 7 heteroatoms. The monoisotopic (exact) mass is 381 g/mol. The van der Waals surface area contributed by atoms with E-state index in [1.807, 2.05) is 66.7 Å². The van der Waals surface area contributed by atoms with Crippen LogP contribution in [0.2, 0.25) is 0 Å². The molecule has 28 heavy (non-hydrogen) atoms. The van der Waals surface area contributed by atoms with Crippen LogP contribution in [0.25, 0.3) is 44.4 Å². The highest BCUT2D eigenvalue weighted by molar-refractivity contribution is 7.18. The van der Waals surface area contributed by atoms with E-state index >= 15 is 0 Å². The lowest BCUT2D eigenvalue weighted by molar-refractivity contribution is 1.09. The van der Waals surface area contributed by atoms with E-state index in [2.05, 4.69) is 21.2 Å². The average molecular weight is 381 g/mol. The van der Waals surface area contributed by atoms with Crippen molar-refractivity contribution < 1.29 is 0 Å². The minimum absolute atomic E-state index is 0.407. The van der Waals surface area contributed by atoms with E-state index < -0.39 is 0 Å². The van der Waals surface area contributed by atoms with E-state index in [1.165, 1.54) is 11.3 Å². The summed E-state index contributed by atoms with van der Waals surface area (Å²) >= 11 is 1.29. The van der Waals surface area contributed by atoms with Gasteiger partial charge in [-0.3, -0.25) is 0 Å². The highest BCUT2D eigenvalue weighted by Crippen LogP contribution is 2.31. The molecular weight excluding hydrogens is 368 g/mol. The Morgan fingerprint density at radius 2 is 1.50 bits per heavy atom. The summed E-state index contributed by atoms with van der Waals surface area (Å²) in [4.78, 5) is 14.4. The molecule has 3 aromatic heterocycles. The molecule has 0 fully saturated rings. The number of pyridine rings is 1. The first-order valence-electron chi connectivity index (χ1n) is 8.58. The molecule has 0 saturated carbocycles. The number of nitrogen functional groups attached to an aromatic ring is 1. The third-order valence-corrected chi connectivity index (χ3v) is 5.00. The fourth-order valence-electron chi connectivity index (χ4n) is 2.94. The Morgan fingerprint density at radius 3 is 2.25 bits per heavy atom. The molecule has 2 aromatic carbocycles. The van der Waals surface area contributed by atoms with Gasteiger partial charge in [-0.25, -0.2) is 15.0 Å². The average Bonchev–Trinajstić information content (AvgIpc) is 3.20. The lowest BCUT2D eigenvalue weighted by Gasteiger charge is -2.10. The van der Waals surface area contributed by atoms with Gasteiger partial charge in [0, 0.05) is 11.1 Å². The number of aromatic nitrogens is 5. The van der Waals surface area contributed by atoms with Gasteiger partial charge in [0.2, 0.25) is 5.13 Å². The second-order valence-electron chi connectivity index (χ2n) is 6.06. The number of nitrogens with zero attached hydrogens (tertiary/aromatic N) is 5. The second-order valence-corrected chi connectivity index (χ2v) is 7.07. The first-order valence-corrected chi connectivity index (χ1v) is 9.40. The van der Waals surface area contributed by atoms with E-state index in [9.17, 15) is 0 Å². The molecule has 6 nitrogen and oxygen atoms in total. The predicted octanol–water partition coefficient (Wildman–Crippen LogP) is 4.26. The summed E-state index contributed by atoms with van der Waals surface area (Å²) in [6.07, 6.45) is 0. The zero-order valence-corrected chi connectivity index (χ0v) is 15.4. The fourth-order valence-corrected chi connectivity index (χ4v) is 3.52. The van der Waals surface area contributed by atoms with Crippen LogP contribution in [0.4, 0.5) is 5.13 Å². The molecule has 133 valence electrons. The van der Waals surface area contributed by atoms with Crippen LogP contribution in [0.3, 0.4) is 0 Å². The molecular formula is C21H13N6S. The number of fused-ring (bicyclic) bond motifs is 1. The van der Waals surface area contributed by atoms with Crippen LogP contribution in [0, 0.1) is 6.07 Å². The van der Waals surface area contributed by atoms with Crippen molar-refractivity contribution in [1.82, 2.24) is 25.1 Å². The number of hydrogen-bond donors (Lipinski definition) is 1. The highest BCUT2D eigenvalue weighted by Gasteiger charge is 2.15. The van der Waals surface area contributed by atoms with Gasteiger partial charge in [0.1, 0.15) is 11.2 Å². The number of benzene rings is 2. The molecule has 0 unspecified atom stereocenters. The van der Waals surface area contributed by atoms with Crippen LogP contribution in [-0.2, 0) is 0 Å². The topological polar surface area (TPSA) is 90.5 Å². The lowest BCUT2D eigenvalue weighted by atomic mass is 10.0. The molecule has 0 bridgehead atoms. The number of anilines is 1. The van der Waals surface area contributed by atoms with Crippen molar-refractivity contribution in [3.8, 4) is 33.2 Å². The van der Waals surface area contributed by atoms with Gasteiger partial charge in [0.15, 0.2) is 10.7 Å². The van der Waals surface area contributed by atoms with E-state index in [0.717, 1.165) is 22.5 Å². The van der Waals surface area contributed by atoms with Crippen molar-refractivity contribution in [2.75, 3.05) is 5.73 Å². The van der Waals surface area contributed by atoms with E-state index in [4.69, 9.17) is 15.7 Å². The Bertz CT molecular complexity index is 1270. The maximum absolute atomic E-state index is 5.70. The molecule has 0 atom stereocenters. The molecule has 2 N–H and O–H groups in total. The van der Waals surface area contributed by atoms with Gasteiger partial charge >= 0.3 is 0 Å². The molecule has 5 rings (SSSR count). The molecule has 0 spiro atoms. The molecule has 0 aliphatic rings. The van der Waals surface area contributed by atoms with Crippen LogP contribution in [0.5, 0.6) is 0 Å². The summed E-state index contributed by atoms with van der Waals surface area (Å²) in [6.45, 7) is 0. The van der Waals surface area contributed by atoms with Crippen LogP contribution in [0.1, 0.15) is 0 Å². The second kappa shape index (κ2) is 6.79. The largest absolute Gasteiger partial charge is 0.374 e. The zero-order valence-electron chi connectivity index (χ0n) is 14.6. The van der Waals surface area contributed by atoms with E-state index in [0.29, 0.717) is 27.0 Å². The Labute approximate surface area is 164 Å². The van der Waals surface area contributed by atoms with Crippen molar-refractivity contribution in [1.29, 1.82) is 0 Å². The molecule has 0 aliphatic carbocycles. The lowest BCUT2D eigenvalue weighted by Crippen LogP contribution is -1.97. The normalized spacial score (nSPS) is 11.0. The van der Waals surface area contributed by atoms with Crippen molar-refractivity contribution in [2.24, 2.45) is 0 Å². The summed E-state index contributed by atoms with van der Waals surface area (Å²) < 4.78 is 0. The summed E-state index contributed by atoms with van der Waals surface area (Å²) in [5.41, 5.74) is 11.2. The van der Waals surface area contributed by atoms with E-state index in [1.54, 1.807) is 0 Å². The van der Waals surface area contributed by atoms with Gasteiger partial charge in [0.25, 0.3) is 0 Å². The minimum Gasteiger partial charge on any atom is -0.374 e. The number of nitrogens with two attached hydrogens (primary N) is 1. The van der Waals surface area contributed by atoms with Gasteiger partial charge < -0.3 is 5.73 Å². The van der Waals surface area contributed by atoms with Crippen LogP contribution >= 0.6 is 11.3 Å². The third-order valence-electron chi connectivity index (χ3n) is 4.23. The maximum atomic E-state index is 5.70. The van der Waals surface area contributed by atoms with Gasteiger partial charge in [-0.2, -0.15) is 0 Å². The first-order chi connectivity index (χ1) is 13.8. The van der Waals surface area contributed by atoms with Gasteiger partial charge in [0.05, 0.1) is 11.4 Å². The Hall–Kier alpha value is -3.71. The van der Waals surface area contributed by atoms with E-state index in [-0.39, 0.29) is 0 Å².